The highest BCUT2D eigenvalue weighted by Gasteiger charge is 2.68. The van der Waals surface area contributed by atoms with Gasteiger partial charge in [0, 0.05) is 0 Å². The number of fused-ring (bicyclic) bond motifs is 3. The minimum atomic E-state index is -2.53. The van der Waals surface area contributed by atoms with Crippen molar-refractivity contribution in [2.24, 2.45) is 0 Å². The summed E-state index contributed by atoms with van der Waals surface area (Å²) in [5.74, 6) is 0. The minimum absolute atomic E-state index is 0.0374. The van der Waals surface area contributed by atoms with Crippen molar-refractivity contribution in [3.63, 3.8) is 0 Å². The lowest BCUT2D eigenvalue weighted by atomic mass is 9.64. The van der Waals surface area contributed by atoms with Gasteiger partial charge >= 0.3 is 0 Å². The highest BCUT2D eigenvalue weighted by molar-refractivity contribution is 7.14. The molecule has 292 valence electrons. The predicted octanol–water partition coefficient (Wildman–Crippen LogP) is 14.3. The van der Waals surface area contributed by atoms with Crippen molar-refractivity contribution >= 4 is 56.0 Å². The summed E-state index contributed by atoms with van der Waals surface area (Å²) in [6.45, 7) is 5.33. The quantitative estimate of drug-likeness (QED) is 0.116. The van der Waals surface area contributed by atoms with Crippen molar-refractivity contribution in [1.29, 1.82) is 0 Å². The van der Waals surface area contributed by atoms with E-state index in [9.17, 15) is 0 Å². The molecular weight excluding hydrogens is 749 g/mol. The van der Waals surface area contributed by atoms with Gasteiger partial charge < -0.3 is 0 Å². The molecule has 0 radical (unpaired) electrons. The second-order valence-electron chi connectivity index (χ2n) is 18.2. The zero-order valence-electron chi connectivity index (χ0n) is 35.0. The summed E-state index contributed by atoms with van der Waals surface area (Å²) in [6, 6.07) is 78.8. The van der Waals surface area contributed by atoms with Crippen LogP contribution >= 0.6 is 0 Å². The van der Waals surface area contributed by atoms with E-state index in [-0.39, 0.29) is 10.5 Å². The van der Waals surface area contributed by atoms with Crippen molar-refractivity contribution in [3.05, 3.63) is 212 Å². The first-order chi connectivity index (χ1) is 30.0. The van der Waals surface area contributed by atoms with Crippen LogP contribution in [0.3, 0.4) is 0 Å². The molecule has 0 nitrogen and oxygen atoms in total. The molecule has 61 heavy (non-hydrogen) atoms. The Kier molecular flexibility index (Phi) is 8.18. The van der Waals surface area contributed by atoms with Crippen molar-refractivity contribution in [3.8, 4) is 44.5 Å². The molecule has 10 aromatic carbocycles. The molecule has 1 heteroatoms. The Morgan fingerprint density at radius 2 is 0.738 bits per heavy atom. The number of hydrogen-bond donors (Lipinski definition) is 0. The fourth-order valence-corrected chi connectivity index (χ4v) is 19.6. The molecule has 1 fully saturated rings. The Bertz CT molecular complexity index is 3150. The van der Waals surface area contributed by atoms with Crippen LogP contribution in [0.4, 0.5) is 0 Å². The zero-order chi connectivity index (χ0) is 40.8. The maximum Gasteiger partial charge on any atom is 0.155 e. The average Bonchev–Trinajstić information content (AvgIpc) is 3.51. The molecule has 0 saturated heterocycles. The molecule has 2 aliphatic rings. The van der Waals surface area contributed by atoms with E-state index >= 15 is 0 Å². The van der Waals surface area contributed by atoms with E-state index in [1.807, 2.05) is 0 Å². The summed E-state index contributed by atoms with van der Waals surface area (Å²) < 4.78 is 0. The van der Waals surface area contributed by atoms with Gasteiger partial charge in [0.05, 0.1) is 0 Å². The molecule has 0 bridgehead atoms. The lowest BCUT2D eigenvalue weighted by Crippen LogP contribution is -2.72. The molecule has 0 N–H and O–H groups in total. The van der Waals surface area contributed by atoms with Gasteiger partial charge in [0.25, 0.3) is 0 Å². The lowest BCUT2D eigenvalue weighted by Gasteiger charge is -2.54. The summed E-state index contributed by atoms with van der Waals surface area (Å²) in [6.07, 6.45) is 5.02. The van der Waals surface area contributed by atoms with E-state index in [1.54, 1.807) is 21.1 Å². The Labute approximate surface area is 360 Å². The van der Waals surface area contributed by atoms with E-state index < -0.39 is 8.07 Å². The third-order valence-corrected chi connectivity index (χ3v) is 21.6. The van der Waals surface area contributed by atoms with Crippen LogP contribution in [-0.4, -0.2) is 8.07 Å². The van der Waals surface area contributed by atoms with Crippen molar-refractivity contribution in [2.75, 3.05) is 0 Å². The monoisotopic (exact) mass is 796 g/mol. The van der Waals surface area contributed by atoms with Crippen molar-refractivity contribution < 1.29 is 0 Å². The molecule has 1 aliphatic heterocycles. The predicted molar refractivity (Wildman–Crippen MR) is 264 cm³/mol. The minimum Gasteiger partial charge on any atom is -0.0624 e. The van der Waals surface area contributed by atoms with Crippen molar-refractivity contribution in [1.82, 2.24) is 0 Å². The van der Waals surface area contributed by atoms with Crippen LogP contribution in [-0.2, 0) is 5.41 Å². The summed E-state index contributed by atoms with van der Waals surface area (Å²) >= 11 is 0. The first kappa shape index (κ1) is 36.3. The van der Waals surface area contributed by atoms with Gasteiger partial charge in [-0.2, -0.15) is 0 Å². The largest absolute Gasteiger partial charge is 0.155 e. The first-order valence-electron chi connectivity index (χ1n) is 22.2. The van der Waals surface area contributed by atoms with Crippen LogP contribution in [0, 0.1) is 0 Å². The standard InChI is InChI=1S/C60H48Si/c1-59-36-18-19-37-60(59,2)61(45-26-14-6-15-27-45,46-28-16-7-17-29-46)56-35-30-44(38-55(56)59)54-40-53(43-24-12-5-13-25-43)49-32-31-47-51(41-20-8-3-9-21-41)39-52(42-22-10-4-11-23-42)48-33-34-50(54)58(49)57(47)48/h3-17,20-35,38-40H,18-19,36-37H2,1-2H3. The third kappa shape index (κ3) is 5.05. The molecule has 0 amide bonds. The van der Waals surface area contributed by atoms with Gasteiger partial charge in [-0.1, -0.05) is 221 Å². The second kappa shape index (κ2) is 13.7. The van der Waals surface area contributed by atoms with Gasteiger partial charge in [0.1, 0.15) is 0 Å². The first-order valence-corrected chi connectivity index (χ1v) is 24.2. The summed E-state index contributed by atoms with van der Waals surface area (Å²) in [4.78, 5) is 0. The molecule has 12 rings (SSSR count). The SMILES string of the molecule is CC12CCCCC1(C)[Si](c1ccccc1)(c1ccccc1)c1ccc(-c3cc(-c4ccccc4)c4ccc5c(-c6ccccc6)cc(-c6ccccc6)c6ccc3c4c56)cc12. The molecule has 10 aromatic rings. The number of benzene rings is 10. The molecule has 2 unspecified atom stereocenters. The molecule has 2 atom stereocenters. The smallest absolute Gasteiger partial charge is 0.0624 e. The van der Waals surface area contributed by atoms with Gasteiger partial charge in [-0.3, -0.25) is 0 Å². The number of rotatable bonds is 6. The maximum absolute atomic E-state index is 2.69. The van der Waals surface area contributed by atoms with Gasteiger partial charge in [0.15, 0.2) is 8.07 Å². The van der Waals surface area contributed by atoms with E-state index in [0.29, 0.717) is 0 Å². The van der Waals surface area contributed by atoms with E-state index in [1.165, 1.54) is 103 Å². The summed E-state index contributed by atoms with van der Waals surface area (Å²) in [5.41, 5.74) is 11.8. The summed E-state index contributed by atoms with van der Waals surface area (Å²) in [5, 5.41) is 12.7. The highest BCUT2D eigenvalue weighted by atomic mass is 28.3. The molecule has 1 heterocycles. The Hall–Kier alpha value is -6.54. The highest BCUT2D eigenvalue weighted by Crippen LogP contribution is 2.65. The molecule has 1 aliphatic carbocycles. The van der Waals surface area contributed by atoms with E-state index in [2.05, 4.69) is 220 Å². The normalized spacial score (nSPS) is 19.3. The van der Waals surface area contributed by atoms with E-state index in [4.69, 9.17) is 0 Å². The van der Waals surface area contributed by atoms with Crippen LogP contribution in [0.15, 0.2) is 206 Å². The lowest BCUT2D eigenvalue weighted by molar-refractivity contribution is 0.241. The van der Waals surface area contributed by atoms with Crippen LogP contribution in [0.1, 0.15) is 45.1 Å². The zero-order valence-corrected chi connectivity index (χ0v) is 36.0. The van der Waals surface area contributed by atoms with Gasteiger partial charge in [-0.15, -0.1) is 0 Å². The van der Waals surface area contributed by atoms with Crippen LogP contribution in [0.5, 0.6) is 0 Å². The van der Waals surface area contributed by atoms with Crippen LogP contribution in [0.2, 0.25) is 5.04 Å². The second-order valence-corrected chi connectivity index (χ2v) is 22.5. The van der Waals surface area contributed by atoms with Crippen LogP contribution < -0.4 is 15.6 Å². The molecule has 1 saturated carbocycles. The fraction of sp³-hybridized carbons (Fsp3) is 0.133. The Morgan fingerprint density at radius 1 is 0.361 bits per heavy atom. The van der Waals surface area contributed by atoms with Gasteiger partial charge in [-0.25, -0.2) is 0 Å². The Balaban J connectivity index is 1.19. The van der Waals surface area contributed by atoms with Gasteiger partial charge in [-0.05, 0) is 133 Å². The van der Waals surface area contributed by atoms with Gasteiger partial charge in [0.2, 0.25) is 0 Å². The summed E-state index contributed by atoms with van der Waals surface area (Å²) in [7, 11) is -2.53. The van der Waals surface area contributed by atoms with E-state index in [0.717, 1.165) is 0 Å². The Morgan fingerprint density at radius 3 is 1.16 bits per heavy atom. The van der Waals surface area contributed by atoms with Crippen LogP contribution in [0.25, 0.3) is 76.8 Å². The maximum atomic E-state index is 2.69. The number of hydrogen-bond acceptors (Lipinski definition) is 0. The average molecular weight is 797 g/mol. The third-order valence-electron chi connectivity index (χ3n) is 15.5. The molecule has 0 spiro atoms. The molecule has 0 aromatic heterocycles. The van der Waals surface area contributed by atoms with Crippen molar-refractivity contribution in [2.45, 2.75) is 50.0 Å². The fourth-order valence-electron chi connectivity index (χ4n) is 12.6. The molecular formula is C60H48Si. The topological polar surface area (TPSA) is 0 Å².